The van der Waals surface area contributed by atoms with Crippen LogP contribution < -0.4 is 4.90 Å². The Morgan fingerprint density at radius 3 is 2.20 bits per heavy atom. The molecular weight excluding hydrogens is 524 g/mol. The molecule has 208 valence electrons. The highest BCUT2D eigenvalue weighted by Gasteiger charge is 2.51. The molecule has 2 aliphatic heterocycles. The molecule has 41 heavy (non-hydrogen) atoms. The van der Waals surface area contributed by atoms with Gasteiger partial charge in [-0.05, 0) is 66.6 Å². The Kier molecular flexibility index (Phi) is 7.47. The Morgan fingerprint density at radius 1 is 0.732 bits per heavy atom. The van der Waals surface area contributed by atoms with Crippen molar-refractivity contribution in [2.45, 2.75) is 12.0 Å². The highest BCUT2D eigenvalue weighted by Crippen LogP contribution is 2.41. The van der Waals surface area contributed by atoms with Crippen molar-refractivity contribution in [3.8, 4) is 0 Å². The summed E-state index contributed by atoms with van der Waals surface area (Å²) in [5.74, 6) is -0.0830. The molecule has 0 aliphatic carbocycles. The summed E-state index contributed by atoms with van der Waals surface area (Å²) in [4.78, 5) is 38.8. The molecule has 6 rings (SSSR count). The van der Waals surface area contributed by atoms with Gasteiger partial charge in [0.05, 0.1) is 0 Å². The van der Waals surface area contributed by atoms with Gasteiger partial charge in [-0.3, -0.25) is 19.6 Å². The summed E-state index contributed by atoms with van der Waals surface area (Å²) in [5.41, 5.74) is -0.184. The first kappa shape index (κ1) is 26.6. The quantitative estimate of drug-likeness (QED) is 0.330. The average Bonchev–Trinajstić information content (AvgIpc) is 3.31. The summed E-state index contributed by atoms with van der Waals surface area (Å²) in [6.45, 7) is 4.54. The van der Waals surface area contributed by atoms with Gasteiger partial charge >= 0.3 is 0 Å². The Balaban J connectivity index is 1.26. The van der Waals surface area contributed by atoms with Gasteiger partial charge in [0.25, 0.3) is 5.91 Å². The molecule has 8 nitrogen and oxygen atoms in total. The number of halogens is 2. The molecule has 1 fully saturated rings. The van der Waals surface area contributed by atoms with Crippen LogP contribution in [0.1, 0.15) is 23.2 Å². The van der Waals surface area contributed by atoms with Crippen LogP contribution >= 0.6 is 0 Å². The molecule has 1 unspecified atom stereocenters. The SMILES string of the molecule is O=C1N(CCCN2CCN(c3ncccn3)CC2)C(c2ccccn2)=NC1(c1ccc(F)cc1)c1cccc(F)c1. The van der Waals surface area contributed by atoms with E-state index >= 15 is 0 Å². The molecule has 10 heteroatoms. The number of aliphatic imine (C=N–C) groups is 1. The van der Waals surface area contributed by atoms with Crippen LogP contribution in [0.25, 0.3) is 0 Å². The molecule has 1 saturated heterocycles. The summed E-state index contributed by atoms with van der Waals surface area (Å²) < 4.78 is 28.4. The van der Waals surface area contributed by atoms with E-state index in [4.69, 9.17) is 4.99 Å². The number of hydrogen-bond acceptors (Lipinski definition) is 7. The molecule has 0 radical (unpaired) electrons. The molecule has 2 aliphatic rings. The van der Waals surface area contributed by atoms with E-state index in [-0.39, 0.29) is 5.91 Å². The number of amidine groups is 1. The lowest BCUT2D eigenvalue weighted by molar-refractivity contribution is -0.130. The third kappa shape index (κ3) is 5.30. The lowest BCUT2D eigenvalue weighted by Crippen LogP contribution is -2.48. The molecular formula is C31H29F2N7O. The first-order valence-electron chi connectivity index (χ1n) is 13.6. The van der Waals surface area contributed by atoms with Gasteiger partial charge in [0, 0.05) is 51.3 Å². The molecule has 0 N–H and O–H groups in total. The molecule has 4 heterocycles. The van der Waals surface area contributed by atoms with Crippen molar-refractivity contribution in [1.29, 1.82) is 0 Å². The molecule has 0 spiro atoms. The van der Waals surface area contributed by atoms with Crippen LogP contribution in [0.4, 0.5) is 14.7 Å². The summed E-state index contributed by atoms with van der Waals surface area (Å²) in [6, 6.07) is 18.8. The largest absolute Gasteiger partial charge is 0.338 e. The van der Waals surface area contributed by atoms with Crippen molar-refractivity contribution in [3.63, 3.8) is 0 Å². The van der Waals surface area contributed by atoms with E-state index in [9.17, 15) is 13.6 Å². The monoisotopic (exact) mass is 553 g/mol. The fourth-order valence-corrected chi connectivity index (χ4v) is 5.48. The van der Waals surface area contributed by atoms with E-state index in [0.29, 0.717) is 35.6 Å². The second kappa shape index (κ2) is 11.5. The smallest absolute Gasteiger partial charge is 0.265 e. The van der Waals surface area contributed by atoms with Crippen molar-refractivity contribution in [1.82, 2.24) is 24.8 Å². The zero-order valence-corrected chi connectivity index (χ0v) is 22.4. The number of carbonyl (C=O) groups excluding carboxylic acids is 1. The van der Waals surface area contributed by atoms with Crippen LogP contribution in [0.5, 0.6) is 0 Å². The predicted molar refractivity (Wildman–Crippen MR) is 151 cm³/mol. The number of benzene rings is 2. The van der Waals surface area contributed by atoms with E-state index in [1.54, 1.807) is 53.8 Å². The Morgan fingerprint density at radius 2 is 1.49 bits per heavy atom. The van der Waals surface area contributed by atoms with E-state index in [0.717, 1.165) is 38.7 Å². The molecule has 0 bridgehead atoms. The fraction of sp³-hybridized carbons (Fsp3) is 0.258. The maximum atomic E-state index is 14.5. The number of aromatic nitrogens is 3. The Bertz CT molecular complexity index is 1530. The van der Waals surface area contributed by atoms with Crippen LogP contribution in [0, 0.1) is 11.6 Å². The van der Waals surface area contributed by atoms with E-state index in [1.807, 2.05) is 6.07 Å². The highest BCUT2D eigenvalue weighted by molar-refractivity contribution is 6.16. The Hall–Kier alpha value is -4.57. The number of nitrogens with zero attached hydrogens (tertiary/aromatic N) is 7. The number of amides is 1. The lowest BCUT2D eigenvalue weighted by Gasteiger charge is -2.35. The van der Waals surface area contributed by atoms with Gasteiger partial charge in [-0.15, -0.1) is 0 Å². The van der Waals surface area contributed by atoms with Gasteiger partial charge in [-0.25, -0.2) is 23.7 Å². The zero-order chi connectivity index (χ0) is 28.2. The van der Waals surface area contributed by atoms with Crippen molar-refractivity contribution < 1.29 is 13.6 Å². The van der Waals surface area contributed by atoms with Crippen LogP contribution in [0.3, 0.4) is 0 Å². The van der Waals surface area contributed by atoms with Crippen LogP contribution in [-0.4, -0.2) is 75.8 Å². The van der Waals surface area contributed by atoms with Crippen molar-refractivity contribution in [3.05, 3.63) is 120 Å². The third-order valence-corrected chi connectivity index (χ3v) is 7.55. The Labute approximate surface area is 237 Å². The molecule has 1 atom stereocenters. The zero-order valence-electron chi connectivity index (χ0n) is 22.4. The fourth-order valence-electron chi connectivity index (χ4n) is 5.48. The standard InChI is InChI=1S/C31H29F2N7O/c32-25-11-9-23(10-12-25)31(24-6-3-7-26(33)22-24)29(41)40(28(37-31)27-8-1-2-13-34-27)17-5-16-38-18-20-39(21-19-38)30-35-14-4-15-36-30/h1-4,6-15,22H,5,16-21H2. The van der Waals surface area contributed by atoms with Gasteiger partial charge in [0.2, 0.25) is 5.95 Å². The summed E-state index contributed by atoms with van der Waals surface area (Å²) in [6.07, 6.45) is 5.84. The van der Waals surface area contributed by atoms with Crippen LogP contribution in [0.15, 0.2) is 96.4 Å². The maximum Gasteiger partial charge on any atom is 0.265 e. The molecule has 4 aromatic rings. The van der Waals surface area contributed by atoms with E-state index in [2.05, 4.69) is 24.8 Å². The van der Waals surface area contributed by atoms with Gasteiger partial charge in [-0.1, -0.05) is 30.3 Å². The predicted octanol–water partition coefficient (Wildman–Crippen LogP) is 3.89. The minimum Gasteiger partial charge on any atom is -0.338 e. The lowest BCUT2D eigenvalue weighted by atomic mass is 9.82. The summed E-state index contributed by atoms with van der Waals surface area (Å²) >= 11 is 0. The number of hydrogen-bond donors (Lipinski definition) is 0. The number of anilines is 1. The number of rotatable bonds is 8. The van der Waals surface area contributed by atoms with Gasteiger partial charge < -0.3 is 4.90 Å². The number of piperazine rings is 1. The van der Waals surface area contributed by atoms with Gasteiger partial charge in [-0.2, -0.15) is 0 Å². The molecule has 2 aromatic heterocycles. The van der Waals surface area contributed by atoms with Gasteiger partial charge in [0.1, 0.15) is 17.3 Å². The summed E-state index contributed by atoms with van der Waals surface area (Å²) in [5, 5.41) is 0. The first-order chi connectivity index (χ1) is 20.0. The summed E-state index contributed by atoms with van der Waals surface area (Å²) in [7, 11) is 0. The van der Waals surface area contributed by atoms with Crippen LogP contribution in [0.2, 0.25) is 0 Å². The highest BCUT2D eigenvalue weighted by atomic mass is 19.1. The second-order valence-corrected chi connectivity index (χ2v) is 10.1. The average molecular weight is 554 g/mol. The van der Waals surface area contributed by atoms with Crippen molar-refractivity contribution in [2.24, 2.45) is 4.99 Å². The molecule has 1 amide bonds. The minimum atomic E-state index is -1.57. The van der Waals surface area contributed by atoms with E-state index in [1.165, 1.54) is 36.4 Å². The van der Waals surface area contributed by atoms with Crippen molar-refractivity contribution >= 4 is 17.7 Å². The maximum absolute atomic E-state index is 14.5. The normalized spacial score (nSPS) is 19.5. The topological polar surface area (TPSA) is 77.8 Å². The first-order valence-corrected chi connectivity index (χ1v) is 13.6. The molecule has 0 saturated carbocycles. The molecule has 2 aromatic carbocycles. The minimum absolute atomic E-state index is 0.318. The third-order valence-electron chi connectivity index (χ3n) is 7.55. The number of pyridine rings is 1. The van der Waals surface area contributed by atoms with Crippen LogP contribution in [-0.2, 0) is 10.3 Å². The van der Waals surface area contributed by atoms with Gasteiger partial charge in [0.15, 0.2) is 11.4 Å². The van der Waals surface area contributed by atoms with E-state index < -0.39 is 17.2 Å². The number of carbonyl (C=O) groups is 1. The van der Waals surface area contributed by atoms with Crippen molar-refractivity contribution in [2.75, 3.05) is 44.2 Å². The second-order valence-electron chi connectivity index (χ2n) is 10.1.